The van der Waals surface area contributed by atoms with Crippen molar-refractivity contribution in [1.82, 2.24) is 0 Å². The molecule has 0 bridgehead atoms. The third-order valence-electron chi connectivity index (χ3n) is 0.144. The van der Waals surface area contributed by atoms with Gasteiger partial charge in [0, 0.05) is 5.28 Å². The molecule has 0 fully saturated rings. The van der Waals surface area contributed by atoms with Gasteiger partial charge in [0.05, 0.1) is 0 Å². The smallest absolute Gasteiger partial charge is 0.311 e. The van der Waals surface area contributed by atoms with Gasteiger partial charge < -0.3 is 10.6 Å². The number of amidine groups is 1. The molecule has 34 valence electrons. The predicted octanol–water partition coefficient (Wildman–Crippen LogP) is -0.158. The first-order valence-electron chi connectivity index (χ1n) is 1.15. The van der Waals surface area contributed by atoms with Crippen molar-refractivity contribution >= 4 is 6.02 Å². The van der Waals surface area contributed by atoms with Gasteiger partial charge in [0.1, 0.15) is 0 Å². The van der Waals surface area contributed by atoms with Gasteiger partial charge in [-0.3, -0.25) is 0 Å². The van der Waals surface area contributed by atoms with E-state index < -0.39 is 6.02 Å². The second-order valence-electron chi connectivity index (χ2n) is 0.547. The lowest BCUT2D eigenvalue weighted by Crippen LogP contribution is -2.09. The van der Waals surface area contributed by atoms with Gasteiger partial charge in [0.15, 0.2) is 0 Å². The van der Waals surface area contributed by atoms with Crippen molar-refractivity contribution in [2.24, 2.45) is 11.0 Å². The number of nitrogens with two attached hydrogens (primary N) is 1. The summed E-state index contributed by atoms with van der Waals surface area (Å²) in [6, 6.07) is -0.565. The van der Waals surface area contributed by atoms with E-state index in [0.29, 0.717) is 0 Å². The largest absolute Gasteiger partial charge is 0.352 e. The maximum absolute atomic E-state index is 6.24. The highest BCUT2D eigenvalue weighted by molar-refractivity contribution is 5.66. The van der Waals surface area contributed by atoms with Gasteiger partial charge in [0.2, 0.25) is 0 Å². The average Bonchev–Trinajstić information content (AvgIpc) is 1.35. The van der Waals surface area contributed by atoms with Crippen LogP contribution in [-0.2, 0) is 4.84 Å². The Morgan fingerprint density at radius 2 is 2.33 bits per heavy atom. The minimum absolute atomic E-state index is 0.565. The van der Waals surface area contributed by atoms with Crippen molar-refractivity contribution in [3.8, 4) is 0 Å². The summed E-state index contributed by atoms with van der Waals surface area (Å²) in [5, 5.41) is 8.57. The lowest BCUT2D eigenvalue weighted by molar-refractivity contribution is 0.277. The predicted molar refractivity (Wildman–Crippen MR) is 18.1 cm³/mol. The second-order valence-corrected chi connectivity index (χ2v) is 0.547. The molecule has 0 heterocycles. The average molecular weight is 88.1 g/mol. The van der Waals surface area contributed by atoms with Crippen LogP contribution >= 0.6 is 0 Å². The Hall–Kier alpha value is -1.13. The van der Waals surface area contributed by atoms with E-state index in [0.717, 1.165) is 0 Å². The molecule has 5 heteroatoms. The molecule has 0 amide bonds. The van der Waals surface area contributed by atoms with Crippen molar-refractivity contribution in [3.63, 3.8) is 0 Å². The lowest BCUT2D eigenvalue weighted by atomic mass is 11.2. The Bertz CT molecular complexity index is 67.9. The molecule has 6 heavy (non-hydrogen) atoms. The van der Waals surface area contributed by atoms with E-state index in [2.05, 4.69) is 15.8 Å². The van der Waals surface area contributed by atoms with Crippen molar-refractivity contribution in [1.29, 1.82) is 10.9 Å². The highest BCUT2D eigenvalue weighted by Gasteiger charge is 1.76. The first kappa shape index (κ1) is 4.87. The third kappa shape index (κ3) is 2.87. The van der Waals surface area contributed by atoms with E-state index in [1.165, 1.54) is 0 Å². The topological polar surface area (TPSA) is 95.3 Å². The number of nitrogens with zero attached hydrogens (tertiary/aromatic N) is 1. The van der Waals surface area contributed by atoms with Crippen LogP contribution in [-0.4, -0.2) is 6.02 Å². The fourth-order valence-corrected chi connectivity index (χ4v) is 0.0492. The van der Waals surface area contributed by atoms with Gasteiger partial charge in [0.25, 0.3) is 0 Å². The highest BCUT2D eigenvalue weighted by Crippen LogP contribution is 1.64. The normalized spacial score (nSPS) is 6.67. The summed E-state index contributed by atoms with van der Waals surface area (Å²) in [7, 11) is 0. The van der Waals surface area contributed by atoms with Gasteiger partial charge in [-0.15, -0.1) is 0 Å². The van der Waals surface area contributed by atoms with Crippen LogP contribution in [0.15, 0.2) is 5.28 Å². The molecule has 0 aliphatic rings. The van der Waals surface area contributed by atoms with Gasteiger partial charge in [-0.25, -0.2) is 5.41 Å². The SMILES string of the molecule is N=NOC(=N)N. The molecule has 0 aromatic rings. The molecule has 0 radical (unpaired) electrons. The Morgan fingerprint density at radius 3 is 2.33 bits per heavy atom. The number of nitrogens with one attached hydrogen (secondary N) is 2. The van der Waals surface area contributed by atoms with Crippen LogP contribution in [0.4, 0.5) is 0 Å². The zero-order chi connectivity index (χ0) is 4.99. The number of hydrogen-bond donors (Lipinski definition) is 3. The van der Waals surface area contributed by atoms with E-state index >= 15 is 0 Å². The monoisotopic (exact) mass is 88.0 g/mol. The van der Waals surface area contributed by atoms with Crippen LogP contribution in [0.25, 0.3) is 0 Å². The standard InChI is InChI=1S/CH4N4O/c2-1(3)6-5-4/h4H,(H3,2,3). The highest BCUT2D eigenvalue weighted by atomic mass is 16.7. The zero-order valence-electron chi connectivity index (χ0n) is 2.93. The van der Waals surface area contributed by atoms with Crippen molar-refractivity contribution < 1.29 is 4.84 Å². The molecule has 0 saturated carbocycles. The molecule has 0 unspecified atom stereocenters. The molecular weight excluding hydrogens is 84.0 g/mol. The summed E-state index contributed by atoms with van der Waals surface area (Å²) in [6.07, 6.45) is 0. The molecule has 0 spiro atoms. The number of rotatable bonds is 1. The molecule has 0 rings (SSSR count). The van der Waals surface area contributed by atoms with Crippen molar-refractivity contribution in [3.05, 3.63) is 0 Å². The van der Waals surface area contributed by atoms with Crippen LogP contribution in [0, 0.1) is 10.9 Å². The van der Waals surface area contributed by atoms with E-state index in [9.17, 15) is 0 Å². The fraction of sp³-hybridized carbons (Fsp3) is 0. The maximum atomic E-state index is 6.24. The fourth-order valence-electron chi connectivity index (χ4n) is 0.0492. The van der Waals surface area contributed by atoms with Gasteiger partial charge in [-0.2, -0.15) is 5.53 Å². The van der Waals surface area contributed by atoms with Gasteiger partial charge in [-0.1, -0.05) is 0 Å². The molecule has 4 N–H and O–H groups in total. The molecular formula is CH4N4O. The van der Waals surface area contributed by atoms with Gasteiger partial charge >= 0.3 is 6.02 Å². The van der Waals surface area contributed by atoms with E-state index in [1.807, 2.05) is 0 Å². The Kier molecular flexibility index (Phi) is 1.73. The quantitative estimate of drug-likeness (QED) is 0.180. The molecule has 5 nitrogen and oxygen atoms in total. The Balaban J connectivity index is 3.05. The first-order valence-corrected chi connectivity index (χ1v) is 1.15. The molecule has 0 aromatic heterocycles. The summed E-state index contributed by atoms with van der Waals surface area (Å²) in [6.45, 7) is 0. The minimum atomic E-state index is -0.565. The molecule has 0 saturated heterocycles. The lowest BCUT2D eigenvalue weighted by Gasteiger charge is -1.82. The molecule has 0 atom stereocenters. The van der Waals surface area contributed by atoms with E-state index in [-0.39, 0.29) is 0 Å². The molecule has 0 aliphatic heterocycles. The Labute approximate surface area is 34.1 Å². The van der Waals surface area contributed by atoms with Crippen LogP contribution < -0.4 is 5.73 Å². The van der Waals surface area contributed by atoms with Crippen molar-refractivity contribution in [2.45, 2.75) is 0 Å². The minimum Gasteiger partial charge on any atom is -0.352 e. The Morgan fingerprint density at radius 1 is 1.83 bits per heavy atom. The van der Waals surface area contributed by atoms with Crippen LogP contribution in [0.1, 0.15) is 0 Å². The molecule has 0 aromatic carbocycles. The first-order chi connectivity index (χ1) is 2.77. The van der Waals surface area contributed by atoms with Crippen LogP contribution in [0.5, 0.6) is 0 Å². The van der Waals surface area contributed by atoms with Crippen LogP contribution in [0.3, 0.4) is 0 Å². The third-order valence-corrected chi connectivity index (χ3v) is 0.144. The summed E-state index contributed by atoms with van der Waals surface area (Å²) in [4.78, 5) is 3.69. The zero-order valence-corrected chi connectivity index (χ0v) is 2.93. The van der Waals surface area contributed by atoms with E-state index in [4.69, 9.17) is 10.9 Å². The number of hydrogen-bond acceptors (Lipinski definition) is 4. The van der Waals surface area contributed by atoms with E-state index in [1.54, 1.807) is 0 Å². The molecule has 0 aliphatic carbocycles. The van der Waals surface area contributed by atoms with Crippen LogP contribution in [0.2, 0.25) is 0 Å². The van der Waals surface area contributed by atoms with Crippen molar-refractivity contribution in [2.75, 3.05) is 0 Å². The summed E-state index contributed by atoms with van der Waals surface area (Å²) < 4.78 is 0. The summed E-state index contributed by atoms with van der Waals surface area (Å²) >= 11 is 0. The maximum Gasteiger partial charge on any atom is 0.311 e. The summed E-state index contributed by atoms with van der Waals surface area (Å²) in [5.74, 6) is 0. The van der Waals surface area contributed by atoms with Gasteiger partial charge in [-0.05, 0) is 0 Å². The second kappa shape index (κ2) is 2.13. The summed E-state index contributed by atoms with van der Waals surface area (Å²) in [5.41, 5.74) is 10.5.